The second-order valence-corrected chi connectivity index (χ2v) is 4.38. The molecule has 0 unspecified atom stereocenters. The Bertz CT molecular complexity index is 539. The van der Waals surface area contributed by atoms with Crippen molar-refractivity contribution >= 4 is 22.6 Å². The van der Waals surface area contributed by atoms with Crippen molar-refractivity contribution in [1.82, 2.24) is 10.2 Å². The minimum Gasteiger partial charge on any atom is -0.453 e. The van der Waals surface area contributed by atoms with Gasteiger partial charge in [0.25, 0.3) is 0 Å². The molecule has 0 spiro atoms. The number of anilines is 1. The maximum absolute atomic E-state index is 11.0. The summed E-state index contributed by atoms with van der Waals surface area (Å²) in [6.45, 7) is 2.01. The molecule has 0 saturated heterocycles. The molecule has 1 aromatic carbocycles. The van der Waals surface area contributed by atoms with Gasteiger partial charge in [0.05, 0.1) is 7.11 Å². The molecule has 17 heavy (non-hydrogen) atoms. The molecule has 1 amide bonds. The maximum Gasteiger partial charge on any atom is 0.413 e. The third-order valence-electron chi connectivity index (χ3n) is 2.08. The number of aryl methyl sites for hydroxylation is 1. The highest BCUT2D eigenvalue weighted by Gasteiger charge is 2.09. The van der Waals surface area contributed by atoms with Crippen molar-refractivity contribution < 1.29 is 9.53 Å². The Morgan fingerprint density at radius 2 is 2.24 bits per heavy atom. The molecule has 0 aliphatic heterocycles. The third-order valence-corrected chi connectivity index (χ3v) is 2.97. The average Bonchev–Trinajstić information content (AvgIpc) is 2.77. The Hall–Kier alpha value is -1.95. The van der Waals surface area contributed by atoms with Gasteiger partial charge in [-0.3, -0.25) is 5.32 Å². The van der Waals surface area contributed by atoms with Crippen LogP contribution in [-0.2, 0) is 4.74 Å². The molecule has 0 atom stereocenters. The van der Waals surface area contributed by atoms with Crippen LogP contribution >= 0.6 is 11.3 Å². The van der Waals surface area contributed by atoms with Crippen LogP contribution in [0.4, 0.5) is 9.93 Å². The monoisotopic (exact) mass is 249 g/mol. The first-order valence-corrected chi connectivity index (χ1v) is 5.76. The van der Waals surface area contributed by atoms with E-state index in [2.05, 4.69) is 20.3 Å². The van der Waals surface area contributed by atoms with Gasteiger partial charge in [-0.05, 0) is 13.0 Å². The largest absolute Gasteiger partial charge is 0.453 e. The Kier molecular flexibility index (Phi) is 3.34. The number of hydrogen-bond acceptors (Lipinski definition) is 5. The van der Waals surface area contributed by atoms with Crippen LogP contribution in [0, 0.1) is 6.92 Å². The summed E-state index contributed by atoms with van der Waals surface area (Å²) in [6, 6.07) is 7.94. The van der Waals surface area contributed by atoms with Gasteiger partial charge in [0.1, 0.15) is 5.01 Å². The lowest BCUT2D eigenvalue weighted by atomic mass is 10.1. The van der Waals surface area contributed by atoms with Crippen molar-refractivity contribution in [2.75, 3.05) is 12.4 Å². The van der Waals surface area contributed by atoms with Crippen LogP contribution in [0.3, 0.4) is 0 Å². The number of nitrogens with one attached hydrogen (secondary N) is 1. The molecule has 6 heteroatoms. The number of hydrogen-bond donors (Lipinski definition) is 1. The summed E-state index contributed by atoms with van der Waals surface area (Å²) >= 11 is 1.30. The van der Waals surface area contributed by atoms with E-state index >= 15 is 0 Å². The molecule has 88 valence electrons. The van der Waals surface area contributed by atoms with Crippen LogP contribution in [0.5, 0.6) is 0 Å². The van der Waals surface area contributed by atoms with E-state index < -0.39 is 6.09 Å². The Balaban J connectivity index is 2.21. The fraction of sp³-hybridized carbons (Fsp3) is 0.182. The van der Waals surface area contributed by atoms with Gasteiger partial charge in [0.15, 0.2) is 0 Å². The molecule has 1 heterocycles. The van der Waals surface area contributed by atoms with Gasteiger partial charge in [-0.25, -0.2) is 4.79 Å². The zero-order valence-electron chi connectivity index (χ0n) is 9.43. The van der Waals surface area contributed by atoms with Crippen LogP contribution in [-0.4, -0.2) is 23.4 Å². The minimum absolute atomic E-state index is 0.424. The smallest absolute Gasteiger partial charge is 0.413 e. The van der Waals surface area contributed by atoms with E-state index in [9.17, 15) is 4.79 Å². The second-order valence-electron chi connectivity index (χ2n) is 3.40. The average molecular weight is 249 g/mol. The van der Waals surface area contributed by atoms with Crippen LogP contribution in [0.25, 0.3) is 10.6 Å². The third kappa shape index (κ3) is 2.79. The van der Waals surface area contributed by atoms with Gasteiger partial charge in [0.2, 0.25) is 5.13 Å². The molecule has 0 bridgehead atoms. The van der Waals surface area contributed by atoms with Crippen molar-refractivity contribution in [2.45, 2.75) is 6.92 Å². The number of carbonyl (C=O) groups is 1. The summed E-state index contributed by atoms with van der Waals surface area (Å²) in [6.07, 6.45) is -0.544. The summed E-state index contributed by atoms with van der Waals surface area (Å²) < 4.78 is 4.48. The molecule has 0 saturated carbocycles. The molecule has 1 N–H and O–H groups in total. The number of methoxy groups -OCH3 is 1. The fourth-order valence-corrected chi connectivity index (χ4v) is 2.03. The van der Waals surface area contributed by atoms with E-state index in [1.165, 1.54) is 18.4 Å². The predicted molar refractivity (Wildman–Crippen MR) is 66.1 cm³/mol. The fourth-order valence-electron chi connectivity index (χ4n) is 1.31. The Labute approximate surface area is 102 Å². The number of benzene rings is 1. The number of rotatable bonds is 2. The summed E-state index contributed by atoms with van der Waals surface area (Å²) in [5, 5.41) is 11.5. The number of aromatic nitrogens is 2. The standard InChI is InChI=1S/C11H11N3O2S/c1-7-4-3-5-8(6-7)9-13-14-10(17-9)12-11(15)16-2/h3-6H,1-2H3,(H,12,14,15). The molecule has 0 fully saturated rings. The van der Waals surface area contributed by atoms with Gasteiger partial charge >= 0.3 is 6.09 Å². The lowest BCUT2D eigenvalue weighted by Crippen LogP contribution is -2.10. The first-order valence-electron chi connectivity index (χ1n) is 4.94. The van der Waals surface area contributed by atoms with E-state index in [4.69, 9.17) is 0 Å². The highest BCUT2D eigenvalue weighted by molar-refractivity contribution is 7.18. The molecule has 1 aromatic heterocycles. The quantitative estimate of drug-likeness (QED) is 0.888. The second kappa shape index (κ2) is 4.92. The molecule has 2 rings (SSSR count). The van der Waals surface area contributed by atoms with Gasteiger partial charge in [0, 0.05) is 5.56 Å². The number of nitrogens with zero attached hydrogens (tertiary/aromatic N) is 2. The number of carbonyl (C=O) groups excluding carboxylic acids is 1. The molecule has 0 aliphatic carbocycles. The summed E-state index contributed by atoms with van der Waals surface area (Å²) in [5.41, 5.74) is 2.14. The van der Waals surface area contributed by atoms with Crippen LogP contribution in [0.1, 0.15) is 5.56 Å². The van der Waals surface area contributed by atoms with Gasteiger partial charge < -0.3 is 4.74 Å². The van der Waals surface area contributed by atoms with Crippen LogP contribution in [0.15, 0.2) is 24.3 Å². The van der Waals surface area contributed by atoms with Crippen LogP contribution < -0.4 is 5.32 Å². The van der Waals surface area contributed by atoms with Crippen LogP contribution in [0.2, 0.25) is 0 Å². The van der Waals surface area contributed by atoms with Crippen molar-refractivity contribution in [2.24, 2.45) is 0 Å². The molecule has 0 radical (unpaired) electrons. The van der Waals surface area contributed by atoms with E-state index in [-0.39, 0.29) is 0 Å². The Morgan fingerprint density at radius 1 is 1.41 bits per heavy atom. The SMILES string of the molecule is COC(=O)Nc1nnc(-c2cccc(C)c2)s1. The Morgan fingerprint density at radius 3 is 2.94 bits per heavy atom. The van der Waals surface area contributed by atoms with E-state index in [0.717, 1.165) is 16.1 Å². The van der Waals surface area contributed by atoms with Crippen molar-refractivity contribution in [3.8, 4) is 10.6 Å². The highest BCUT2D eigenvalue weighted by atomic mass is 32.1. The summed E-state index contributed by atoms with van der Waals surface area (Å²) in [4.78, 5) is 11.0. The van der Waals surface area contributed by atoms with E-state index in [1.54, 1.807) is 0 Å². The van der Waals surface area contributed by atoms with Crippen molar-refractivity contribution in [3.63, 3.8) is 0 Å². The zero-order chi connectivity index (χ0) is 12.3. The van der Waals surface area contributed by atoms with Gasteiger partial charge in [-0.15, -0.1) is 10.2 Å². The first kappa shape index (κ1) is 11.5. The summed E-state index contributed by atoms with van der Waals surface area (Å²) in [7, 11) is 1.30. The van der Waals surface area contributed by atoms with Crippen molar-refractivity contribution in [3.05, 3.63) is 29.8 Å². The topological polar surface area (TPSA) is 64.1 Å². The number of ether oxygens (including phenoxy) is 1. The van der Waals surface area contributed by atoms with Gasteiger partial charge in [-0.2, -0.15) is 0 Å². The van der Waals surface area contributed by atoms with Gasteiger partial charge in [-0.1, -0.05) is 35.1 Å². The number of amides is 1. The highest BCUT2D eigenvalue weighted by Crippen LogP contribution is 2.26. The van der Waals surface area contributed by atoms with E-state index in [1.807, 2.05) is 31.2 Å². The lowest BCUT2D eigenvalue weighted by Gasteiger charge is -1.97. The minimum atomic E-state index is -0.544. The van der Waals surface area contributed by atoms with Crippen molar-refractivity contribution in [1.29, 1.82) is 0 Å². The molecular formula is C11H11N3O2S. The maximum atomic E-state index is 11.0. The molecule has 5 nitrogen and oxygen atoms in total. The molecule has 0 aliphatic rings. The van der Waals surface area contributed by atoms with E-state index in [0.29, 0.717) is 5.13 Å². The zero-order valence-corrected chi connectivity index (χ0v) is 10.2. The normalized spacial score (nSPS) is 10.0. The molecular weight excluding hydrogens is 238 g/mol. The summed E-state index contributed by atoms with van der Waals surface area (Å²) in [5.74, 6) is 0. The first-order chi connectivity index (χ1) is 8.19. The lowest BCUT2D eigenvalue weighted by molar-refractivity contribution is 0.187. The predicted octanol–water partition coefficient (Wildman–Crippen LogP) is 2.69. The molecule has 2 aromatic rings.